The van der Waals surface area contributed by atoms with Gasteiger partial charge in [0.2, 0.25) is 0 Å². The van der Waals surface area contributed by atoms with Gasteiger partial charge in [0, 0.05) is 9.86 Å². The van der Waals surface area contributed by atoms with Crippen LogP contribution in [0, 0.1) is 6.92 Å². The number of aromatic nitrogens is 2. The van der Waals surface area contributed by atoms with E-state index in [2.05, 4.69) is 26.1 Å². The van der Waals surface area contributed by atoms with Crippen molar-refractivity contribution in [2.75, 3.05) is 0 Å². The van der Waals surface area contributed by atoms with Gasteiger partial charge < -0.3 is 0 Å². The summed E-state index contributed by atoms with van der Waals surface area (Å²) in [6.45, 7) is 1.94. The van der Waals surface area contributed by atoms with Gasteiger partial charge in [-0.1, -0.05) is 15.9 Å². The second kappa shape index (κ2) is 2.83. The lowest BCUT2D eigenvalue weighted by atomic mass is 10.2. The summed E-state index contributed by atoms with van der Waals surface area (Å²) >= 11 is 3.41. The zero-order valence-corrected chi connectivity index (χ0v) is 8.17. The minimum Gasteiger partial charge on any atom is -0.155 e. The van der Waals surface area contributed by atoms with Crippen molar-refractivity contribution < 1.29 is 0 Å². The lowest BCUT2D eigenvalue weighted by molar-refractivity contribution is 1.02. The molecule has 0 saturated heterocycles. The Labute approximate surface area is 78.8 Å². The molecule has 0 atom stereocenters. The molecule has 0 aliphatic carbocycles. The maximum absolute atomic E-state index is 4.05. The fourth-order valence-corrected chi connectivity index (χ4v) is 1.50. The van der Waals surface area contributed by atoms with Crippen LogP contribution in [0.4, 0.5) is 0 Å². The Morgan fingerprint density at radius 1 is 1.17 bits per heavy atom. The first-order chi connectivity index (χ1) is 5.75. The lowest BCUT2D eigenvalue weighted by Gasteiger charge is -1.97. The molecule has 1 aromatic carbocycles. The molecule has 1 heterocycles. The first-order valence-corrected chi connectivity index (χ1v) is 4.44. The van der Waals surface area contributed by atoms with E-state index >= 15 is 0 Å². The summed E-state index contributed by atoms with van der Waals surface area (Å²) in [6.07, 6.45) is 0. The summed E-state index contributed by atoms with van der Waals surface area (Å²) < 4.78 is 1.07. The zero-order valence-electron chi connectivity index (χ0n) is 6.58. The zero-order chi connectivity index (χ0) is 8.55. The van der Waals surface area contributed by atoms with Gasteiger partial charge in [-0.2, -0.15) is 10.2 Å². The van der Waals surface area contributed by atoms with E-state index in [0.29, 0.717) is 0 Å². The summed E-state index contributed by atoms with van der Waals surface area (Å²) in [7, 11) is 0. The number of benzene rings is 1. The number of rotatable bonds is 0. The van der Waals surface area contributed by atoms with Crippen LogP contribution in [0.2, 0.25) is 0 Å². The molecular weight excluding hydrogens is 216 g/mol. The summed E-state index contributed by atoms with van der Waals surface area (Å²) in [5, 5.41) is 9.14. The molecule has 0 saturated carbocycles. The summed E-state index contributed by atoms with van der Waals surface area (Å²) in [5.41, 5.74) is 1.88. The van der Waals surface area contributed by atoms with E-state index in [1.54, 1.807) is 0 Å². The van der Waals surface area contributed by atoms with Gasteiger partial charge in [0.1, 0.15) is 0 Å². The molecule has 0 aliphatic heterocycles. The summed E-state index contributed by atoms with van der Waals surface area (Å²) in [5.74, 6) is 0. The van der Waals surface area contributed by atoms with E-state index in [-0.39, 0.29) is 0 Å². The van der Waals surface area contributed by atoms with Crippen molar-refractivity contribution >= 4 is 26.8 Å². The third-order valence-electron chi connectivity index (χ3n) is 1.67. The maximum atomic E-state index is 4.05. The molecule has 0 radical (unpaired) electrons. The van der Waals surface area contributed by atoms with Gasteiger partial charge in [0.15, 0.2) is 0 Å². The second-order valence-corrected chi connectivity index (χ2v) is 3.60. The molecule has 2 aromatic rings. The summed E-state index contributed by atoms with van der Waals surface area (Å²) in [4.78, 5) is 0. The predicted molar refractivity (Wildman–Crippen MR) is 52.0 cm³/mol. The van der Waals surface area contributed by atoms with E-state index in [9.17, 15) is 0 Å². The molecule has 12 heavy (non-hydrogen) atoms. The molecule has 0 unspecified atom stereocenters. The van der Waals surface area contributed by atoms with Crippen LogP contribution in [0.1, 0.15) is 5.69 Å². The van der Waals surface area contributed by atoms with Crippen molar-refractivity contribution in [1.82, 2.24) is 10.2 Å². The van der Waals surface area contributed by atoms with Crippen molar-refractivity contribution in [1.29, 1.82) is 0 Å². The fraction of sp³-hybridized carbons (Fsp3) is 0.111. The van der Waals surface area contributed by atoms with E-state index in [1.165, 1.54) is 0 Å². The monoisotopic (exact) mass is 222 g/mol. The molecule has 60 valence electrons. The van der Waals surface area contributed by atoms with Crippen molar-refractivity contribution in [3.63, 3.8) is 0 Å². The first-order valence-electron chi connectivity index (χ1n) is 3.65. The quantitative estimate of drug-likeness (QED) is 0.686. The van der Waals surface area contributed by atoms with Crippen LogP contribution >= 0.6 is 15.9 Å². The second-order valence-electron chi connectivity index (χ2n) is 2.69. The van der Waals surface area contributed by atoms with Gasteiger partial charge in [0.05, 0.1) is 11.2 Å². The Morgan fingerprint density at radius 2 is 2.00 bits per heavy atom. The molecule has 0 bridgehead atoms. The van der Waals surface area contributed by atoms with Gasteiger partial charge in [-0.25, -0.2) is 0 Å². The Bertz CT molecular complexity index is 389. The van der Waals surface area contributed by atoms with Gasteiger partial charge in [-0.05, 0) is 31.2 Å². The predicted octanol–water partition coefficient (Wildman–Crippen LogP) is 2.70. The van der Waals surface area contributed by atoms with Gasteiger partial charge in [0.25, 0.3) is 0 Å². The van der Waals surface area contributed by atoms with Crippen LogP contribution < -0.4 is 0 Å². The maximum Gasteiger partial charge on any atom is 0.0930 e. The minimum absolute atomic E-state index is 0.934. The van der Waals surface area contributed by atoms with Gasteiger partial charge in [-0.3, -0.25) is 0 Å². The molecule has 2 nitrogen and oxygen atoms in total. The first kappa shape index (κ1) is 7.68. The molecule has 0 fully saturated rings. The van der Waals surface area contributed by atoms with E-state index in [0.717, 1.165) is 21.1 Å². The number of fused-ring (bicyclic) bond motifs is 1. The smallest absolute Gasteiger partial charge is 0.0930 e. The van der Waals surface area contributed by atoms with Gasteiger partial charge in [-0.15, -0.1) is 0 Å². The number of nitrogens with zero attached hydrogens (tertiary/aromatic N) is 2. The van der Waals surface area contributed by atoms with Crippen LogP contribution in [0.25, 0.3) is 10.9 Å². The van der Waals surface area contributed by atoms with Crippen LogP contribution in [0.15, 0.2) is 28.7 Å². The molecule has 0 spiro atoms. The standard InChI is InChI=1S/C9H7BrN2/c1-6-4-7-5-8(10)2-3-9(7)12-11-6/h2-5H,1H3. The van der Waals surface area contributed by atoms with Crippen LogP contribution in [-0.4, -0.2) is 10.2 Å². The highest BCUT2D eigenvalue weighted by atomic mass is 79.9. The number of hydrogen-bond acceptors (Lipinski definition) is 2. The molecule has 0 amide bonds. The Kier molecular flexibility index (Phi) is 1.81. The molecule has 0 N–H and O–H groups in total. The van der Waals surface area contributed by atoms with Crippen molar-refractivity contribution in [3.05, 3.63) is 34.4 Å². The van der Waals surface area contributed by atoms with Crippen molar-refractivity contribution in [2.45, 2.75) is 6.92 Å². The normalized spacial score (nSPS) is 10.5. The highest BCUT2D eigenvalue weighted by Gasteiger charge is 1.96. The van der Waals surface area contributed by atoms with Crippen LogP contribution in [-0.2, 0) is 0 Å². The molecular formula is C9H7BrN2. The van der Waals surface area contributed by atoms with Gasteiger partial charge >= 0.3 is 0 Å². The third kappa shape index (κ3) is 1.32. The Hall–Kier alpha value is -0.960. The van der Waals surface area contributed by atoms with E-state index in [1.807, 2.05) is 31.2 Å². The number of halogens is 1. The highest BCUT2D eigenvalue weighted by Crippen LogP contribution is 2.17. The average molecular weight is 223 g/mol. The fourth-order valence-electron chi connectivity index (χ4n) is 1.12. The van der Waals surface area contributed by atoms with Crippen molar-refractivity contribution in [2.24, 2.45) is 0 Å². The number of aryl methyl sites for hydroxylation is 1. The SMILES string of the molecule is Cc1cc2cc(Br)ccc2nn1. The summed E-state index contributed by atoms with van der Waals surface area (Å²) in [6, 6.07) is 7.97. The van der Waals surface area contributed by atoms with E-state index < -0.39 is 0 Å². The molecule has 0 aliphatic rings. The highest BCUT2D eigenvalue weighted by molar-refractivity contribution is 9.10. The van der Waals surface area contributed by atoms with Crippen molar-refractivity contribution in [3.8, 4) is 0 Å². The Morgan fingerprint density at radius 3 is 2.83 bits per heavy atom. The average Bonchev–Trinajstić information content (AvgIpc) is 2.03. The molecule has 1 aromatic heterocycles. The lowest BCUT2D eigenvalue weighted by Crippen LogP contribution is -1.86. The van der Waals surface area contributed by atoms with E-state index in [4.69, 9.17) is 0 Å². The molecule has 3 heteroatoms. The largest absolute Gasteiger partial charge is 0.155 e. The molecule has 2 rings (SSSR count). The van der Waals surface area contributed by atoms with Crippen LogP contribution in [0.5, 0.6) is 0 Å². The topological polar surface area (TPSA) is 25.8 Å². The number of hydrogen-bond donors (Lipinski definition) is 0. The van der Waals surface area contributed by atoms with Crippen LogP contribution in [0.3, 0.4) is 0 Å². The minimum atomic E-state index is 0.934. The third-order valence-corrected chi connectivity index (χ3v) is 2.16. The Balaban J connectivity index is 2.80.